The molecule has 5 N–H and O–H groups in total. The van der Waals surface area contributed by atoms with Crippen molar-refractivity contribution in [2.45, 2.75) is 44.4 Å². The zero-order valence-electron chi connectivity index (χ0n) is 9.67. The Bertz CT molecular complexity index is 233. The molecule has 100 valence electrons. The van der Waals surface area contributed by atoms with Crippen LogP contribution in [0.4, 0.5) is 0 Å². The van der Waals surface area contributed by atoms with Gasteiger partial charge in [-0.1, -0.05) is 6.42 Å². The van der Waals surface area contributed by atoms with Crippen LogP contribution in [0.25, 0.3) is 0 Å². The normalized spacial score (nSPS) is 22.9. The van der Waals surface area contributed by atoms with E-state index in [0.29, 0.717) is 0 Å². The van der Waals surface area contributed by atoms with E-state index in [4.69, 9.17) is 20.4 Å². The number of aliphatic hydroxyl groups is 2. The van der Waals surface area contributed by atoms with Crippen molar-refractivity contribution < 1.29 is 30.0 Å². The predicted octanol–water partition coefficient (Wildman–Crippen LogP) is -0.974. The Balaban J connectivity index is 0.000000318. The Morgan fingerprint density at radius 1 is 1.12 bits per heavy atom. The van der Waals surface area contributed by atoms with Gasteiger partial charge in [0, 0.05) is 6.04 Å². The maximum atomic E-state index is 9.77. The molecule has 17 heavy (non-hydrogen) atoms. The highest BCUT2D eigenvalue weighted by molar-refractivity contribution is 5.83. The van der Waals surface area contributed by atoms with E-state index in [2.05, 4.69) is 12.2 Å². The summed E-state index contributed by atoms with van der Waals surface area (Å²) in [5.41, 5.74) is 0. The number of nitrogens with one attached hydrogen (secondary N) is 1. The molecule has 0 amide bonds. The van der Waals surface area contributed by atoms with Gasteiger partial charge in [0.05, 0.1) is 0 Å². The van der Waals surface area contributed by atoms with Crippen molar-refractivity contribution >= 4 is 11.9 Å². The van der Waals surface area contributed by atoms with E-state index in [1.807, 2.05) is 0 Å². The topological polar surface area (TPSA) is 127 Å². The van der Waals surface area contributed by atoms with Gasteiger partial charge in [-0.05, 0) is 26.3 Å². The van der Waals surface area contributed by atoms with E-state index in [0.717, 1.165) is 6.04 Å². The smallest absolute Gasteiger partial charge is 0.335 e. The fourth-order valence-corrected chi connectivity index (χ4v) is 1.30. The summed E-state index contributed by atoms with van der Waals surface area (Å²) in [7, 11) is 0. The summed E-state index contributed by atoms with van der Waals surface area (Å²) in [5, 5.41) is 35.9. The fraction of sp³-hybridized carbons (Fsp3) is 0.800. The molecule has 1 rings (SSSR count). The van der Waals surface area contributed by atoms with E-state index in [1.54, 1.807) is 0 Å². The van der Waals surface area contributed by atoms with Crippen molar-refractivity contribution in [2.24, 2.45) is 0 Å². The molecule has 0 spiro atoms. The molecule has 1 saturated heterocycles. The number of aliphatic carboxylic acids is 2. The summed E-state index contributed by atoms with van der Waals surface area (Å²) >= 11 is 0. The fourth-order valence-electron chi connectivity index (χ4n) is 1.30. The molecule has 0 radical (unpaired) electrons. The minimum absolute atomic E-state index is 0.786. The second-order valence-corrected chi connectivity index (χ2v) is 3.92. The molecule has 0 aliphatic carbocycles. The molecule has 1 heterocycles. The Morgan fingerprint density at radius 3 is 1.76 bits per heavy atom. The maximum Gasteiger partial charge on any atom is 0.335 e. The summed E-state index contributed by atoms with van der Waals surface area (Å²) in [6, 6.07) is 0.786. The van der Waals surface area contributed by atoms with Crippen LogP contribution < -0.4 is 5.32 Å². The van der Waals surface area contributed by atoms with Crippen molar-refractivity contribution in [1.82, 2.24) is 5.32 Å². The largest absolute Gasteiger partial charge is 0.479 e. The van der Waals surface area contributed by atoms with E-state index < -0.39 is 24.1 Å². The molecule has 0 aromatic rings. The number of hydrogen-bond acceptors (Lipinski definition) is 5. The monoisotopic (exact) mass is 249 g/mol. The number of carbonyl (C=O) groups is 2. The molecule has 0 aromatic carbocycles. The van der Waals surface area contributed by atoms with Crippen molar-refractivity contribution in [1.29, 1.82) is 0 Å². The van der Waals surface area contributed by atoms with Crippen LogP contribution in [0.15, 0.2) is 0 Å². The van der Waals surface area contributed by atoms with Crippen LogP contribution in [0.3, 0.4) is 0 Å². The molecule has 2 unspecified atom stereocenters. The van der Waals surface area contributed by atoms with Crippen LogP contribution in [-0.2, 0) is 9.59 Å². The molecule has 1 aliphatic rings. The third-order valence-electron chi connectivity index (χ3n) is 2.36. The quantitative estimate of drug-likeness (QED) is 0.435. The Morgan fingerprint density at radius 2 is 1.59 bits per heavy atom. The summed E-state index contributed by atoms with van der Waals surface area (Å²) < 4.78 is 0. The van der Waals surface area contributed by atoms with Gasteiger partial charge in [0.15, 0.2) is 12.2 Å². The van der Waals surface area contributed by atoms with Crippen LogP contribution in [0.2, 0.25) is 0 Å². The molecule has 1 fully saturated rings. The number of rotatable bonds is 3. The standard InChI is InChI=1S/C6H13N.C4H6O6/c1-6-4-2-3-5-7-6;5-1(3(7)8)2(6)4(9)10/h6-7H,2-5H2,1H3;1-2,5-6H,(H,7,8)(H,9,10)/t;1-,2?/m.0/s1. The summed E-state index contributed by atoms with van der Waals surface area (Å²) in [5.74, 6) is -3.54. The SMILES string of the molecule is CC1CCCCN1.O=C(O)C(O)[C@H](O)C(=O)O. The molecule has 0 aromatic heterocycles. The van der Waals surface area contributed by atoms with Crippen LogP contribution in [-0.4, -0.2) is 57.2 Å². The van der Waals surface area contributed by atoms with Crippen LogP contribution in [0, 0.1) is 0 Å². The third kappa shape index (κ3) is 6.88. The van der Waals surface area contributed by atoms with Gasteiger partial charge < -0.3 is 25.7 Å². The van der Waals surface area contributed by atoms with Gasteiger partial charge >= 0.3 is 11.9 Å². The second-order valence-electron chi connectivity index (χ2n) is 3.92. The summed E-state index contributed by atoms with van der Waals surface area (Å²) in [4.78, 5) is 19.5. The zero-order chi connectivity index (χ0) is 13.4. The first kappa shape index (κ1) is 15.8. The molecule has 7 nitrogen and oxygen atoms in total. The zero-order valence-corrected chi connectivity index (χ0v) is 9.67. The number of piperidine rings is 1. The molecule has 3 atom stereocenters. The van der Waals surface area contributed by atoms with Gasteiger partial charge in [0.25, 0.3) is 0 Å². The summed E-state index contributed by atoms with van der Waals surface area (Å²) in [6.07, 6.45) is -0.353. The molecular formula is C10H19NO6. The molecule has 7 heteroatoms. The lowest BCUT2D eigenvalue weighted by atomic mass is 10.1. The number of carboxylic acid groups (broad SMARTS) is 2. The first-order valence-corrected chi connectivity index (χ1v) is 5.41. The van der Waals surface area contributed by atoms with Gasteiger partial charge in [0.2, 0.25) is 0 Å². The molecule has 0 saturated carbocycles. The van der Waals surface area contributed by atoms with Gasteiger partial charge in [-0.2, -0.15) is 0 Å². The van der Waals surface area contributed by atoms with Crippen molar-refractivity contribution in [2.75, 3.05) is 6.54 Å². The molecular weight excluding hydrogens is 230 g/mol. The lowest BCUT2D eigenvalue weighted by molar-refractivity contribution is -0.165. The third-order valence-corrected chi connectivity index (χ3v) is 2.36. The van der Waals surface area contributed by atoms with E-state index >= 15 is 0 Å². The van der Waals surface area contributed by atoms with Crippen molar-refractivity contribution in [3.63, 3.8) is 0 Å². The van der Waals surface area contributed by atoms with Gasteiger partial charge in [0.1, 0.15) is 0 Å². The van der Waals surface area contributed by atoms with Crippen LogP contribution in [0.1, 0.15) is 26.2 Å². The highest BCUT2D eigenvalue weighted by atomic mass is 16.4. The number of aliphatic hydroxyl groups excluding tert-OH is 2. The van der Waals surface area contributed by atoms with E-state index in [1.165, 1.54) is 25.8 Å². The molecule has 0 bridgehead atoms. The lowest BCUT2D eigenvalue weighted by Gasteiger charge is -2.18. The Hall–Kier alpha value is -1.18. The number of carboxylic acids is 2. The average molecular weight is 249 g/mol. The first-order chi connectivity index (χ1) is 7.86. The maximum absolute atomic E-state index is 9.77. The first-order valence-electron chi connectivity index (χ1n) is 5.41. The lowest BCUT2D eigenvalue weighted by Crippen LogP contribution is -2.39. The Kier molecular flexibility index (Phi) is 7.44. The van der Waals surface area contributed by atoms with E-state index in [9.17, 15) is 9.59 Å². The minimum atomic E-state index is -2.27. The Labute approximate surface area is 99.1 Å². The highest BCUT2D eigenvalue weighted by Gasteiger charge is 2.29. The second kappa shape index (κ2) is 7.99. The van der Waals surface area contributed by atoms with Crippen molar-refractivity contribution in [3.8, 4) is 0 Å². The van der Waals surface area contributed by atoms with Gasteiger partial charge in [-0.25, -0.2) is 9.59 Å². The van der Waals surface area contributed by atoms with E-state index in [-0.39, 0.29) is 0 Å². The van der Waals surface area contributed by atoms with Gasteiger partial charge in [-0.3, -0.25) is 0 Å². The predicted molar refractivity (Wildman–Crippen MR) is 58.6 cm³/mol. The number of hydrogen-bond donors (Lipinski definition) is 5. The van der Waals surface area contributed by atoms with Crippen LogP contribution >= 0.6 is 0 Å². The average Bonchev–Trinajstić information content (AvgIpc) is 2.28. The molecule has 1 aliphatic heterocycles. The summed E-state index contributed by atoms with van der Waals surface area (Å²) in [6.45, 7) is 3.49. The van der Waals surface area contributed by atoms with Crippen molar-refractivity contribution in [3.05, 3.63) is 0 Å². The van der Waals surface area contributed by atoms with Crippen LogP contribution in [0.5, 0.6) is 0 Å². The minimum Gasteiger partial charge on any atom is -0.479 e. The highest BCUT2D eigenvalue weighted by Crippen LogP contribution is 2.04. The van der Waals surface area contributed by atoms with Gasteiger partial charge in [-0.15, -0.1) is 0 Å².